The van der Waals surface area contributed by atoms with E-state index in [1.54, 1.807) is 18.2 Å². The van der Waals surface area contributed by atoms with Crippen LogP contribution in [-0.2, 0) is 9.59 Å². The van der Waals surface area contributed by atoms with Crippen molar-refractivity contribution < 1.29 is 9.59 Å². The molecular weight excluding hydrogens is 309 g/mol. The number of anilines is 1. The zero-order valence-corrected chi connectivity index (χ0v) is 13.3. The summed E-state index contributed by atoms with van der Waals surface area (Å²) in [5, 5.41) is 0.750. The summed E-state index contributed by atoms with van der Waals surface area (Å²) >= 11 is 11.9. The van der Waals surface area contributed by atoms with Gasteiger partial charge in [-0.05, 0) is 44.9 Å². The van der Waals surface area contributed by atoms with Gasteiger partial charge in [0, 0.05) is 0 Å². The van der Waals surface area contributed by atoms with E-state index in [1.165, 1.54) is 16.0 Å². The SMILES string of the molecule is CC1=C(C)C[C@H]2C(=O)N(c3ccc(Cl)c(Cl)c3)C(=O)[C@@H]2C1. The number of carbonyl (C=O) groups excluding carboxylic acids is 2. The minimum absolute atomic E-state index is 0.129. The molecule has 1 saturated heterocycles. The Morgan fingerprint density at radius 2 is 1.48 bits per heavy atom. The van der Waals surface area contributed by atoms with Crippen LogP contribution < -0.4 is 4.90 Å². The molecule has 21 heavy (non-hydrogen) atoms. The number of halogens is 2. The highest BCUT2D eigenvalue weighted by Crippen LogP contribution is 2.42. The van der Waals surface area contributed by atoms with Gasteiger partial charge in [-0.3, -0.25) is 9.59 Å². The fraction of sp³-hybridized carbons (Fsp3) is 0.375. The van der Waals surface area contributed by atoms with Crippen LogP contribution in [-0.4, -0.2) is 11.8 Å². The Labute approximate surface area is 133 Å². The molecule has 0 aromatic heterocycles. The van der Waals surface area contributed by atoms with Gasteiger partial charge in [0.2, 0.25) is 11.8 Å². The molecule has 0 N–H and O–H groups in total. The molecule has 0 saturated carbocycles. The first kappa shape index (κ1) is 14.6. The number of allylic oxidation sites excluding steroid dienone is 2. The first-order valence-corrected chi connectivity index (χ1v) is 7.64. The first-order chi connectivity index (χ1) is 9.90. The number of hydrogen-bond donors (Lipinski definition) is 0. The number of carbonyl (C=O) groups is 2. The van der Waals surface area contributed by atoms with E-state index >= 15 is 0 Å². The number of fused-ring (bicyclic) bond motifs is 1. The minimum Gasteiger partial charge on any atom is -0.274 e. The fourth-order valence-electron chi connectivity index (χ4n) is 3.13. The van der Waals surface area contributed by atoms with Crippen LogP contribution in [0.4, 0.5) is 5.69 Å². The van der Waals surface area contributed by atoms with E-state index in [0.717, 1.165) is 0 Å². The Bertz CT molecular complexity index is 649. The highest BCUT2D eigenvalue weighted by atomic mass is 35.5. The van der Waals surface area contributed by atoms with E-state index in [1.807, 2.05) is 13.8 Å². The Morgan fingerprint density at radius 1 is 0.952 bits per heavy atom. The topological polar surface area (TPSA) is 37.4 Å². The van der Waals surface area contributed by atoms with Crippen LogP contribution in [0.25, 0.3) is 0 Å². The van der Waals surface area contributed by atoms with Crippen molar-refractivity contribution in [1.82, 2.24) is 0 Å². The van der Waals surface area contributed by atoms with Crippen molar-refractivity contribution in [3.05, 3.63) is 39.4 Å². The molecule has 1 aromatic carbocycles. The van der Waals surface area contributed by atoms with Gasteiger partial charge < -0.3 is 0 Å². The molecular formula is C16H15Cl2NO2. The molecule has 5 heteroatoms. The van der Waals surface area contributed by atoms with Gasteiger partial charge in [-0.2, -0.15) is 0 Å². The molecule has 3 rings (SSSR count). The van der Waals surface area contributed by atoms with Crippen LogP contribution in [0, 0.1) is 11.8 Å². The summed E-state index contributed by atoms with van der Waals surface area (Å²) < 4.78 is 0. The molecule has 0 radical (unpaired) electrons. The number of hydrogen-bond acceptors (Lipinski definition) is 2. The summed E-state index contributed by atoms with van der Waals surface area (Å²) in [4.78, 5) is 26.5. The highest BCUT2D eigenvalue weighted by molar-refractivity contribution is 6.42. The molecule has 0 unspecified atom stereocenters. The lowest BCUT2D eigenvalue weighted by molar-refractivity contribution is -0.122. The molecule has 0 bridgehead atoms. The minimum atomic E-state index is -0.240. The van der Waals surface area contributed by atoms with E-state index in [0.29, 0.717) is 28.6 Å². The molecule has 2 atom stereocenters. The Hall–Kier alpha value is -1.32. The quantitative estimate of drug-likeness (QED) is 0.573. The number of amides is 2. The Morgan fingerprint density at radius 3 is 1.95 bits per heavy atom. The monoisotopic (exact) mass is 323 g/mol. The Balaban J connectivity index is 1.98. The molecule has 1 fully saturated rings. The lowest BCUT2D eigenvalue weighted by Crippen LogP contribution is -2.30. The van der Waals surface area contributed by atoms with E-state index < -0.39 is 0 Å². The average molecular weight is 324 g/mol. The highest BCUT2D eigenvalue weighted by Gasteiger charge is 2.49. The second-order valence-electron chi connectivity index (χ2n) is 5.79. The van der Waals surface area contributed by atoms with Crippen molar-refractivity contribution >= 4 is 40.7 Å². The van der Waals surface area contributed by atoms with Gasteiger partial charge in [-0.25, -0.2) is 4.90 Å². The lowest BCUT2D eigenvalue weighted by Gasteiger charge is -2.23. The van der Waals surface area contributed by atoms with Crippen molar-refractivity contribution in [3.8, 4) is 0 Å². The van der Waals surface area contributed by atoms with Crippen molar-refractivity contribution in [2.45, 2.75) is 26.7 Å². The third-order valence-corrected chi connectivity index (χ3v) is 5.24. The maximum Gasteiger partial charge on any atom is 0.238 e. The van der Waals surface area contributed by atoms with Gasteiger partial charge in [0.05, 0.1) is 27.6 Å². The van der Waals surface area contributed by atoms with Crippen molar-refractivity contribution in [3.63, 3.8) is 0 Å². The molecule has 1 aliphatic carbocycles. The molecule has 0 spiro atoms. The summed E-state index contributed by atoms with van der Waals surface area (Å²) in [5.74, 6) is -0.739. The smallest absolute Gasteiger partial charge is 0.238 e. The summed E-state index contributed by atoms with van der Waals surface area (Å²) in [5.41, 5.74) is 2.94. The second-order valence-corrected chi connectivity index (χ2v) is 6.61. The fourth-order valence-corrected chi connectivity index (χ4v) is 3.42. The van der Waals surface area contributed by atoms with Crippen LogP contribution in [0.15, 0.2) is 29.3 Å². The van der Waals surface area contributed by atoms with Crippen molar-refractivity contribution in [2.75, 3.05) is 4.90 Å². The third-order valence-electron chi connectivity index (χ3n) is 4.50. The van der Waals surface area contributed by atoms with E-state index in [9.17, 15) is 9.59 Å². The maximum atomic E-state index is 12.6. The van der Waals surface area contributed by atoms with Crippen LogP contribution in [0.5, 0.6) is 0 Å². The second kappa shape index (κ2) is 5.15. The van der Waals surface area contributed by atoms with Gasteiger partial charge in [-0.15, -0.1) is 0 Å². The van der Waals surface area contributed by atoms with Gasteiger partial charge in [-0.1, -0.05) is 34.3 Å². The standard InChI is InChI=1S/C16H15Cl2NO2/c1-8-5-11-12(6-9(8)2)16(21)19(15(11)20)10-3-4-13(17)14(18)7-10/h3-4,7,11-12H,5-6H2,1-2H3/t11-,12-/m1/s1. The van der Waals surface area contributed by atoms with Crippen LogP contribution in [0.3, 0.4) is 0 Å². The largest absolute Gasteiger partial charge is 0.274 e. The third kappa shape index (κ3) is 2.29. The summed E-state index contributed by atoms with van der Waals surface area (Å²) in [6.45, 7) is 4.07. The van der Waals surface area contributed by atoms with Gasteiger partial charge in [0.1, 0.15) is 0 Å². The first-order valence-electron chi connectivity index (χ1n) is 6.88. The van der Waals surface area contributed by atoms with Crippen LogP contribution in [0.1, 0.15) is 26.7 Å². The summed E-state index contributed by atoms with van der Waals surface area (Å²) in [6.07, 6.45) is 1.33. The maximum absolute atomic E-state index is 12.6. The average Bonchev–Trinajstić information content (AvgIpc) is 2.66. The predicted octanol–water partition coefficient (Wildman–Crippen LogP) is 4.23. The predicted molar refractivity (Wildman–Crippen MR) is 83.5 cm³/mol. The van der Waals surface area contributed by atoms with E-state index in [4.69, 9.17) is 23.2 Å². The van der Waals surface area contributed by atoms with Crippen LogP contribution in [0.2, 0.25) is 10.0 Å². The normalized spacial score (nSPS) is 25.6. The number of nitrogens with zero attached hydrogens (tertiary/aromatic N) is 1. The number of imide groups is 1. The van der Waals surface area contributed by atoms with Crippen molar-refractivity contribution in [2.24, 2.45) is 11.8 Å². The van der Waals surface area contributed by atoms with E-state index in [-0.39, 0.29) is 23.7 Å². The van der Waals surface area contributed by atoms with Gasteiger partial charge in [0.25, 0.3) is 0 Å². The van der Waals surface area contributed by atoms with Gasteiger partial charge in [0.15, 0.2) is 0 Å². The summed E-state index contributed by atoms with van der Waals surface area (Å²) in [7, 11) is 0. The van der Waals surface area contributed by atoms with Crippen molar-refractivity contribution in [1.29, 1.82) is 0 Å². The molecule has 3 nitrogen and oxygen atoms in total. The van der Waals surface area contributed by atoms with Gasteiger partial charge >= 0.3 is 0 Å². The lowest BCUT2D eigenvalue weighted by atomic mass is 9.78. The molecule has 1 heterocycles. The van der Waals surface area contributed by atoms with E-state index in [2.05, 4.69) is 0 Å². The molecule has 2 aliphatic rings. The zero-order chi connectivity index (χ0) is 15.3. The molecule has 1 aliphatic heterocycles. The Kier molecular flexibility index (Phi) is 3.58. The van der Waals surface area contributed by atoms with Crippen LogP contribution >= 0.6 is 23.2 Å². The zero-order valence-electron chi connectivity index (χ0n) is 11.8. The molecule has 110 valence electrons. The molecule has 2 amide bonds. The number of benzene rings is 1. The molecule has 1 aromatic rings. The number of rotatable bonds is 1. The summed E-state index contributed by atoms with van der Waals surface area (Å²) in [6, 6.07) is 4.84.